The van der Waals surface area contributed by atoms with E-state index in [-0.39, 0.29) is 10.7 Å². The summed E-state index contributed by atoms with van der Waals surface area (Å²) in [6.45, 7) is 0.468. The third-order valence-corrected chi connectivity index (χ3v) is 6.04. The number of amides is 1. The Hall–Kier alpha value is -3.70. The molecule has 2 aromatic carbocycles. The van der Waals surface area contributed by atoms with Crippen LogP contribution in [0.3, 0.4) is 0 Å². The molecule has 0 aliphatic carbocycles. The number of carboxylic acid groups (broad SMARTS) is 1. The molecular formula is C25H23ClF2N2O6S. The lowest BCUT2D eigenvalue weighted by Gasteiger charge is -2.13. The Bertz CT molecular complexity index is 1290. The van der Waals surface area contributed by atoms with Crippen molar-refractivity contribution in [3.63, 3.8) is 0 Å². The van der Waals surface area contributed by atoms with Crippen LogP contribution in [0, 0.1) is 11.6 Å². The smallest absolute Gasteiger partial charge is 0.371 e. The first-order chi connectivity index (χ1) is 17.8. The fraction of sp³-hybridized carbons (Fsp3) is 0.240. The lowest BCUT2D eigenvalue weighted by atomic mass is 10.1. The first-order valence-electron chi connectivity index (χ1n) is 10.9. The van der Waals surface area contributed by atoms with E-state index in [1.807, 2.05) is 0 Å². The average Bonchev–Trinajstić information content (AvgIpc) is 3.34. The standard InChI is InChI=1S/C25H23ClF2N2O6S/c1-34-21(24(32)33)12-16-17(27)10-14(11-18(16)28)23(31)30-25-29-19(13-37-25)15-6-5-7-20(22(15)35-2)36-9-4-3-8-26/h5-7,10-13H,3-4,8-9H2,1-2H3,(H,32,33)(H,29,30,31)/b21-12+. The fourth-order valence-corrected chi connectivity index (χ4v) is 4.13. The molecular weight excluding hydrogens is 530 g/mol. The molecule has 0 aliphatic rings. The van der Waals surface area contributed by atoms with E-state index in [9.17, 15) is 18.4 Å². The van der Waals surface area contributed by atoms with Gasteiger partial charge in [-0.25, -0.2) is 18.6 Å². The van der Waals surface area contributed by atoms with E-state index in [4.69, 9.17) is 26.2 Å². The summed E-state index contributed by atoms with van der Waals surface area (Å²) >= 11 is 6.81. The highest BCUT2D eigenvalue weighted by atomic mass is 35.5. The summed E-state index contributed by atoms with van der Waals surface area (Å²) in [6.07, 6.45) is 2.31. The maximum absolute atomic E-state index is 14.5. The predicted octanol–water partition coefficient (Wildman–Crippen LogP) is 5.82. The number of halogens is 3. The third kappa shape index (κ3) is 6.95. The molecule has 3 aromatic rings. The number of unbranched alkanes of at least 4 members (excludes halogenated alkanes) is 1. The zero-order chi connectivity index (χ0) is 26.9. The summed E-state index contributed by atoms with van der Waals surface area (Å²) in [4.78, 5) is 28.1. The van der Waals surface area contributed by atoms with Crippen LogP contribution >= 0.6 is 22.9 Å². The topological polar surface area (TPSA) is 107 Å². The first-order valence-corrected chi connectivity index (χ1v) is 12.3. The van der Waals surface area contributed by atoms with Gasteiger partial charge in [-0.05, 0) is 37.1 Å². The molecule has 12 heteroatoms. The van der Waals surface area contributed by atoms with Gasteiger partial charge in [0.2, 0.25) is 5.76 Å². The van der Waals surface area contributed by atoms with Crippen molar-refractivity contribution >= 4 is 46.0 Å². The number of alkyl halides is 1. The molecule has 0 atom stereocenters. The van der Waals surface area contributed by atoms with Gasteiger partial charge in [-0.15, -0.1) is 22.9 Å². The number of thiazole rings is 1. The second-order valence-corrected chi connectivity index (χ2v) is 8.68. The van der Waals surface area contributed by atoms with Crippen molar-refractivity contribution < 1.29 is 37.7 Å². The minimum absolute atomic E-state index is 0.188. The molecule has 0 fully saturated rings. The van der Waals surface area contributed by atoms with Gasteiger partial charge in [0.1, 0.15) is 11.6 Å². The first kappa shape index (κ1) is 27.9. The minimum atomic E-state index is -1.50. The highest BCUT2D eigenvalue weighted by Gasteiger charge is 2.19. The molecule has 1 heterocycles. The van der Waals surface area contributed by atoms with E-state index in [1.54, 1.807) is 23.6 Å². The van der Waals surface area contributed by atoms with Crippen molar-refractivity contribution in [2.45, 2.75) is 12.8 Å². The van der Waals surface area contributed by atoms with Crippen LogP contribution in [0.4, 0.5) is 13.9 Å². The van der Waals surface area contributed by atoms with Gasteiger partial charge in [0, 0.05) is 34.0 Å². The maximum Gasteiger partial charge on any atom is 0.371 e. The molecule has 0 unspecified atom stereocenters. The van der Waals surface area contributed by atoms with Crippen molar-refractivity contribution in [2.24, 2.45) is 0 Å². The van der Waals surface area contributed by atoms with Crippen LogP contribution in [-0.4, -0.2) is 48.7 Å². The summed E-state index contributed by atoms with van der Waals surface area (Å²) in [5, 5.41) is 13.4. The van der Waals surface area contributed by atoms with Gasteiger partial charge >= 0.3 is 5.97 Å². The summed E-state index contributed by atoms with van der Waals surface area (Å²) in [5.74, 6) is -3.67. The van der Waals surface area contributed by atoms with Crippen molar-refractivity contribution in [1.29, 1.82) is 0 Å². The second kappa shape index (κ2) is 13.0. The number of nitrogens with one attached hydrogen (secondary N) is 1. The molecule has 8 nitrogen and oxygen atoms in total. The van der Waals surface area contributed by atoms with Gasteiger partial charge in [0.15, 0.2) is 16.6 Å². The molecule has 37 heavy (non-hydrogen) atoms. The Morgan fingerprint density at radius 2 is 1.92 bits per heavy atom. The van der Waals surface area contributed by atoms with Crippen molar-refractivity contribution in [2.75, 3.05) is 32.0 Å². The molecule has 1 aromatic heterocycles. The zero-order valence-corrected chi connectivity index (χ0v) is 21.4. The predicted molar refractivity (Wildman–Crippen MR) is 136 cm³/mol. The molecule has 0 saturated heterocycles. The maximum atomic E-state index is 14.5. The Labute approximate surface area is 220 Å². The molecule has 3 rings (SSSR count). The number of anilines is 1. The quantitative estimate of drug-likeness (QED) is 0.126. The Kier molecular flexibility index (Phi) is 9.81. The summed E-state index contributed by atoms with van der Waals surface area (Å²) in [5.41, 5.74) is 0.170. The van der Waals surface area contributed by atoms with Crippen molar-refractivity contribution in [3.05, 3.63) is 64.2 Å². The number of ether oxygens (including phenoxy) is 3. The number of carbonyl (C=O) groups excluding carboxylic acids is 1. The number of hydrogen-bond acceptors (Lipinski definition) is 7. The van der Waals surface area contributed by atoms with Crippen LogP contribution in [-0.2, 0) is 9.53 Å². The number of nitrogens with zero attached hydrogens (tertiary/aromatic N) is 1. The summed E-state index contributed by atoms with van der Waals surface area (Å²) in [7, 11) is 2.56. The minimum Gasteiger partial charge on any atom is -0.492 e. The summed E-state index contributed by atoms with van der Waals surface area (Å²) < 4.78 is 44.9. The van der Waals surface area contributed by atoms with E-state index >= 15 is 0 Å². The monoisotopic (exact) mass is 552 g/mol. The van der Waals surface area contributed by atoms with E-state index in [0.29, 0.717) is 41.3 Å². The summed E-state index contributed by atoms with van der Waals surface area (Å²) in [6, 6.07) is 6.93. The Balaban J connectivity index is 1.79. The molecule has 0 radical (unpaired) electrons. The van der Waals surface area contributed by atoms with Gasteiger partial charge in [-0.1, -0.05) is 6.07 Å². The fourth-order valence-electron chi connectivity index (χ4n) is 3.24. The van der Waals surface area contributed by atoms with Crippen LogP contribution < -0.4 is 14.8 Å². The Morgan fingerprint density at radius 3 is 2.54 bits per heavy atom. The van der Waals surface area contributed by atoms with E-state index in [0.717, 1.165) is 43.4 Å². The molecule has 0 aliphatic heterocycles. The zero-order valence-electron chi connectivity index (χ0n) is 19.8. The molecule has 1 amide bonds. The van der Waals surface area contributed by atoms with E-state index in [2.05, 4.69) is 15.0 Å². The number of methoxy groups -OCH3 is 2. The van der Waals surface area contributed by atoms with Gasteiger partial charge in [-0.2, -0.15) is 0 Å². The van der Waals surface area contributed by atoms with Crippen LogP contribution in [0.5, 0.6) is 11.5 Å². The molecule has 0 spiro atoms. The number of aliphatic carboxylic acids is 1. The van der Waals surface area contributed by atoms with Gasteiger partial charge < -0.3 is 19.3 Å². The molecule has 2 N–H and O–H groups in total. The molecule has 0 saturated carbocycles. The lowest BCUT2D eigenvalue weighted by Crippen LogP contribution is -2.13. The van der Waals surface area contributed by atoms with Gasteiger partial charge in [-0.3, -0.25) is 10.1 Å². The van der Waals surface area contributed by atoms with Crippen molar-refractivity contribution in [3.8, 4) is 22.8 Å². The number of benzene rings is 2. The van der Waals surface area contributed by atoms with Crippen LogP contribution in [0.2, 0.25) is 0 Å². The van der Waals surface area contributed by atoms with Crippen LogP contribution in [0.15, 0.2) is 41.5 Å². The number of hydrogen-bond donors (Lipinski definition) is 2. The largest absolute Gasteiger partial charge is 0.492 e. The SMILES string of the molecule is CO/C(=C/c1c(F)cc(C(=O)Nc2nc(-c3cccc(OCCCCCl)c3OC)cs2)cc1F)C(=O)O. The van der Waals surface area contributed by atoms with Gasteiger partial charge in [0.05, 0.1) is 26.5 Å². The number of carboxylic acids is 1. The number of para-hydroxylation sites is 1. The number of carbonyl (C=O) groups is 2. The van der Waals surface area contributed by atoms with Gasteiger partial charge in [0.25, 0.3) is 5.91 Å². The second-order valence-electron chi connectivity index (χ2n) is 7.44. The van der Waals surface area contributed by atoms with Crippen LogP contribution in [0.25, 0.3) is 17.3 Å². The lowest BCUT2D eigenvalue weighted by molar-refractivity contribution is -0.135. The number of rotatable bonds is 12. The molecule has 0 bridgehead atoms. The Morgan fingerprint density at radius 1 is 1.19 bits per heavy atom. The molecule has 196 valence electrons. The third-order valence-electron chi connectivity index (χ3n) is 5.02. The highest BCUT2D eigenvalue weighted by Crippen LogP contribution is 2.39. The highest BCUT2D eigenvalue weighted by molar-refractivity contribution is 7.14. The normalized spacial score (nSPS) is 11.2. The average molecular weight is 553 g/mol. The van der Waals surface area contributed by atoms with Crippen LogP contribution in [0.1, 0.15) is 28.8 Å². The van der Waals surface area contributed by atoms with E-state index in [1.165, 1.54) is 7.11 Å². The number of aromatic nitrogens is 1. The van der Waals surface area contributed by atoms with E-state index < -0.39 is 34.8 Å². The van der Waals surface area contributed by atoms with Crippen molar-refractivity contribution in [1.82, 2.24) is 4.98 Å².